The molecule has 1 N–H and O–H groups in total. The average molecular weight is 200 g/mol. The molecule has 1 fully saturated rings. The number of hydrogen-bond donors (Lipinski definition) is 1. The lowest BCUT2D eigenvalue weighted by atomic mass is 10.1. The summed E-state index contributed by atoms with van der Waals surface area (Å²) in [7, 11) is 2.07. The summed E-state index contributed by atoms with van der Waals surface area (Å²) in [5, 5.41) is 2.88. The first-order chi connectivity index (χ1) is 6.58. The summed E-state index contributed by atoms with van der Waals surface area (Å²) in [4.78, 5) is 13.5. The summed E-state index contributed by atoms with van der Waals surface area (Å²) in [6.45, 7) is 5.75. The Morgan fingerprint density at radius 1 is 1.57 bits per heavy atom. The zero-order chi connectivity index (χ0) is 10.6. The Kier molecular flexibility index (Phi) is 4.20. The van der Waals surface area contributed by atoms with Crippen molar-refractivity contribution < 1.29 is 9.53 Å². The van der Waals surface area contributed by atoms with Gasteiger partial charge in [0.2, 0.25) is 0 Å². The predicted octanol–water partition coefficient (Wildman–Crippen LogP) is 1.22. The van der Waals surface area contributed by atoms with E-state index < -0.39 is 0 Å². The number of rotatable bonds is 2. The van der Waals surface area contributed by atoms with Crippen LogP contribution in [0.3, 0.4) is 0 Å². The summed E-state index contributed by atoms with van der Waals surface area (Å²) in [5.41, 5.74) is 0. The van der Waals surface area contributed by atoms with Crippen LogP contribution in [0.5, 0.6) is 0 Å². The first-order valence-corrected chi connectivity index (χ1v) is 5.23. The van der Waals surface area contributed by atoms with E-state index >= 15 is 0 Å². The number of likely N-dealkylation sites (tertiary alicyclic amines) is 1. The molecule has 0 aromatic heterocycles. The molecular weight excluding hydrogens is 180 g/mol. The number of nitrogens with zero attached hydrogens (tertiary/aromatic N) is 1. The molecule has 4 nitrogen and oxygen atoms in total. The lowest BCUT2D eigenvalue weighted by molar-refractivity contribution is 0.106. The third-order valence-electron chi connectivity index (χ3n) is 2.29. The zero-order valence-corrected chi connectivity index (χ0v) is 9.25. The minimum Gasteiger partial charge on any atom is -0.447 e. The third kappa shape index (κ3) is 3.96. The average Bonchev–Trinajstić information content (AvgIpc) is 2.01. The van der Waals surface area contributed by atoms with Crippen LogP contribution in [-0.2, 0) is 4.74 Å². The highest BCUT2D eigenvalue weighted by molar-refractivity contribution is 5.67. The topological polar surface area (TPSA) is 41.6 Å². The van der Waals surface area contributed by atoms with Gasteiger partial charge in [-0.25, -0.2) is 4.79 Å². The van der Waals surface area contributed by atoms with Crippen molar-refractivity contribution >= 4 is 6.09 Å². The maximum Gasteiger partial charge on any atom is 0.407 e. The lowest BCUT2D eigenvalue weighted by Gasteiger charge is -2.30. The highest BCUT2D eigenvalue weighted by Crippen LogP contribution is 2.08. The fourth-order valence-electron chi connectivity index (χ4n) is 1.70. The van der Waals surface area contributed by atoms with Gasteiger partial charge in [-0.2, -0.15) is 0 Å². The molecule has 1 saturated heterocycles. The number of likely N-dealkylation sites (N-methyl/N-ethyl adjacent to an activating group) is 1. The van der Waals surface area contributed by atoms with Crippen LogP contribution in [0.4, 0.5) is 4.79 Å². The fraction of sp³-hybridized carbons (Fsp3) is 0.900. The maximum atomic E-state index is 11.3. The molecular formula is C10H20N2O2. The molecule has 0 bridgehead atoms. The Balaban J connectivity index is 2.25. The molecule has 14 heavy (non-hydrogen) atoms. The van der Waals surface area contributed by atoms with Crippen LogP contribution in [0.15, 0.2) is 0 Å². The first-order valence-electron chi connectivity index (χ1n) is 5.23. The van der Waals surface area contributed by atoms with E-state index in [-0.39, 0.29) is 18.2 Å². The van der Waals surface area contributed by atoms with Crippen molar-refractivity contribution in [1.82, 2.24) is 10.2 Å². The first kappa shape index (κ1) is 11.3. The molecule has 0 saturated carbocycles. The Morgan fingerprint density at radius 3 is 2.86 bits per heavy atom. The number of alkyl carbamates (subject to hydrolysis) is 1. The van der Waals surface area contributed by atoms with Crippen molar-refractivity contribution in [2.24, 2.45) is 0 Å². The van der Waals surface area contributed by atoms with Crippen LogP contribution >= 0.6 is 0 Å². The summed E-state index contributed by atoms with van der Waals surface area (Å²) in [6.07, 6.45) is 1.86. The lowest BCUT2D eigenvalue weighted by Crippen LogP contribution is -2.46. The summed E-state index contributed by atoms with van der Waals surface area (Å²) in [5.74, 6) is 0. The van der Waals surface area contributed by atoms with E-state index in [9.17, 15) is 4.79 Å². The summed E-state index contributed by atoms with van der Waals surface area (Å²) < 4.78 is 5.02. The highest BCUT2D eigenvalue weighted by atomic mass is 16.6. The molecule has 0 aromatic carbocycles. The van der Waals surface area contributed by atoms with Crippen LogP contribution in [-0.4, -0.2) is 43.3 Å². The predicted molar refractivity (Wildman–Crippen MR) is 55.3 cm³/mol. The Hall–Kier alpha value is -0.770. The van der Waals surface area contributed by atoms with Gasteiger partial charge in [0.1, 0.15) is 0 Å². The Bertz CT molecular complexity index is 195. The van der Waals surface area contributed by atoms with Gasteiger partial charge in [-0.15, -0.1) is 0 Å². The molecule has 1 aliphatic heterocycles. The number of amides is 1. The molecule has 1 unspecified atom stereocenters. The fourth-order valence-corrected chi connectivity index (χ4v) is 1.70. The van der Waals surface area contributed by atoms with Gasteiger partial charge in [0.25, 0.3) is 0 Å². The van der Waals surface area contributed by atoms with Crippen molar-refractivity contribution in [3.05, 3.63) is 0 Å². The van der Waals surface area contributed by atoms with Crippen LogP contribution in [0.25, 0.3) is 0 Å². The molecule has 4 heteroatoms. The van der Waals surface area contributed by atoms with Crippen molar-refractivity contribution in [2.45, 2.75) is 38.8 Å². The largest absolute Gasteiger partial charge is 0.447 e. The van der Waals surface area contributed by atoms with Crippen molar-refractivity contribution in [2.75, 3.05) is 20.1 Å². The van der Waals surface area contributed by atoms with E-state index in [1.807, 2.05) is 13.8 Å². The van der Waals surface area contributed by atoms with E-state index in [4.69, 9.17) is 4.74 Å². The van der Waals surface area contributed by atoms with E-state index in [2.05, 4.69) is 17.3 Å². The maximum absolute atomic E-state index is 11.3. The normalized spacial score (nSPS) is 23.6. The van der Waals surface area contributed by atoms with E-state index in [0.29, 0.717) is 0 Å². The highest BCUT2D eigenvalue weighted by Gasteiger charge is 2.19. The quantitative estimate of drug-likeness (QED) is 0.728. The SMILES string of the molecule is CC(C)OC(=O)NC1CCCN(C)C1. The molecule has 0 aliphatic carbocycles. The monoisotopic (exact) mass is 200 g/mol. The van der Waals surface area contributed by atoms with E-state index in [1.165, 1.54) is 0 Å². The van der Waals surface area contributed by atoms with Crippen LogP contribution in [0, 0.1) is 0 Å². The molecule has 1 rings (SSSR count). The minimum absolute atomic E-state index is 0.0451. The standard InChI is InChI=1S/C10H20N2O2/c1-8(2)14-10(13)11-9-5-4-6-12(3)7-9/h8-9H,4-7H2,1-3H3,(H,11,13). The number of piperidine rings is 1. The second-order valence-corrected chi connectivity index (χ2v) is 4.20. The van der Waals surface area contributed by atoms with Crippen LogP contribution in [0.1, 0.15) is 26.7 Å². The molecule has 82 valence electrons. The smallest absolute Gasteiger partial charge is 0.407 e. The van der Waals surface area contributed by atoms with Gasteiger partial charge >= 0.3 is 6.09 Å². The number of carbonyl (C=O) groups excluding carboxylic acids is 1. The van der Waals surface area contributed by atoms with Gasteiger partial charge in [0, 0.05) is 12.6 Å². The van der Waals surface area contributed by atoms with Gasteiger partial charge in [0.05, 0.1) is 6.10 Å². The van der Waals surface area contributed by atoms with Crippen molar-refractivity contribution in [1.29, 1.82) is 0 Å². The number of ether oxygens (including phenoxy) is 1. The van der Waals surface area contributed by atoms with E-state index in [0.717, 1.165) is 25.9 Å². The van der Waals surface area contributed by atoms with Gasteiger partial charge in [-0.05, 0) is 40.3 Å². The van der Waals surface area contributed by atoms with E-state index in [1.54, 1.807) is 0 Å². The van der Waals surface area contributed by atoms with Gasteiger partial charge in [0.15, 0.2) is 0 Å². The Labute approximate surface area is 85.6 Å². The minimum atomic E-state index is -0.291. The Morgan fingerprint density at radius 2 is 2.29 bits per heavy atom. The molecule has 0 spiro atoms. The number of hydrogen-bond acceptors (Lipinski definition) is 3. The van der Waals surface area contributed by atoms with Crippen LogP contribution < -0.4 is 5.32 Å². The molecule has 1 amide bonds. The molecule has 0 aromatic rings. The second-order valence-electron chi connectivity index (χ2n) is 4.20. The number of carbonyl (C=O) groups is 1. The van der Waals surface area contributed by atoms with Gasteiger partial charge < -0.3 is 15.0 Å². The second kappa shape index (κ2) is 5.20. The van der Waals surface area contributed by atoms with Gasteiger partial charge in [-0.3, -0.25) is 0 Å². The van der Waals surface area contributed by atoms with Crippen LogP contribution in [0.2, 0.25) is 0 Å². The van der Waals surface area contributed by atoms with Crippen molar-refractivity contribution in [3.63, 3.8) is 0 Å². The molecule has 1 aliphatic rings. The summed E-state index contributed by atoms with van der Waals surface area (Å²) in [6, 6.07) is 0.250. The number of nitrogens with one attached hydrogen (secondary N) is 1. The third-order valence-corrected chi connectivity index (χ3v) is 2.29. The zero-order valence-electron chi connectivity index (χ0n) is 9.25. The molecule has 1 atom stereocenters. The summed E-state index contributed by atoms with van der Waals surface area (Å²) >= 11 is 0. The van der Waals surface area contributed by atoms with Crippen molar-refractivity contribution in [3.8, 4) is 0 Å². The molecule has 0 radical (unpaired) electrons. The molecule has 1 heterocycles. The van der Waals surface area contributed by atoms with Gasteiger partial charge in [-0.1, -0.05) is 0 Å².